The quantitative estimate of drug-likeness (QED) is 0.467. The molecule has 0 spiro atoms. The molecule has 0 fully saturated rings. The standard InChI is InChI=1S/C19H24NO6P/c1-15-5-7-16(8-6-15)24-13-3-4-17-9-10-18(26-17)11-12-19(2,20)14-25-27(21,22)23/h5-10H,11-14,20H2,1-2H3,(H2,21,22,23). The molecule has 146 valence electrons. The van der Waals surface area contributed by atoms with Gasteiger partial charge in [-0.25, -0.2) is 4.57 Å². The Hall–Kier alpha value is -2.07. The number of phosphoric acid groups is 1. The lowest BCUT2D eigenvalue weighted by molar-refractivity contribution is 0.154. The lowest BCUT2D eigenvalue weighted by atomic mass is 9.98. The first kappa shape index (κ1) is 21.2. The van der Waals surface area contributed by atoms with Crippen molar-refractivity contribution in [3.8, 4) is 17.6 Å². The number of furan rings is 1. The summed E-state index contributed by atoms with van der Waals surface area (Å²) < 4.78 is 26.4. The van der Waals surface area contributed by atoms with Gasteiger partial charge in [0.15, 0.2) is 5.76 Å². The number of hydrogen-bond donors (Lipinski definition) is 3. The van der Waals surface area contributed by atoms with Crippen LogP contribution in [-0.2, 0) is 15.5 Å². The van der Waals surface area contributed by atoms with E-state index >= 15 is 0 Å². The highest BCUT2D eigenvalue weighted by atomic mass is 31.2. The summed E-state index contributed by atoms with van der Waals surface area (Å²) in [6, 6.07) is 11.3. The summed E-state index contributed by atoms with van der Waals surface area (Å²) in [4.78, 5) is 17.5. The fraction of sp³-hybridized carbons (Fsp3) is 0.368. The van der Waals surface area contributed by atoms with Crippen molar-refractivity contribution in [3.05, 3.63) is 53.5 Å². The van der Waals surface area contributed by atoms with Gasteiger partial charge in [0.2, 0.25) is 0 Å². The SMILES string of the molecule is Cc1ccc(OCC#Cc2ccc(CCC(C)(N)COP(=O)(O)O)o2)cc1. The average Bonchev–Trinajstić information content (AvgIpc) is 3.04. The lowest BCUT2D eigenvalue weighted by Gasteiger charge is -2.23. The lowest BCUT2D eigenvalue weighted by Crippen LogP contribution is -2.41. The van der Waals surface area contributed by atoms with Crippen LogP contribution in [0.15, 0.2) is 40.8 Å². The first-order valence-corrected chi connectivity index (χ1v) is 9.92. The van der Waals surface area contributed by atoms with Crippen molar-refractivity contribution in [2.75, 3.05) is 13.2 Å². The fourth-order valence-corrected chi connectivity index (χ4v) is 2.63. The number of rotatable bonds is 8. The van der Waals surface area contributed by atoms with Gasteiger partial charge in [0.25, 0.3) is 0 Å². The van der Waals surface area contributed by atoms with Gasteiger partial charge >= 0.3 is 7.82 Å². The first-order chi connectivity index (χ1) is 12.6. The van der Waals surface area contributed by atoms with Crippen molar-refractivity contribution in [2.45, 2.75) is 32.2 Å². The van der Waals surface area contributed by atoms with E-state index in [-0.39, 0.29) is 13.2 Å². The summed E-state index contributed by atoms with van der Waals surface area (Å²) in [5.41, 5.74) is 6.26. The Morgan fingerprint density at radius 3 is 2.59 bits per heavy atom. The van der Waals surface area contributed by atoms with Crippen molar-refractivity contribution in [1.29, 1.82) is 0 Å². The second kappa shape index (κ2) is 9.23. The summed E-state index contributed by atoms with van der Waals surface area (Å²) in [5, 5.41) is 0. The molecule has 27 heavy (non-hydrogen) atoms. The summed E-state index contributed by atoms with van der Waals surface area (Å²) in [5.74, 6) is 7.74. The van der Waals surface area contributed by atoms with Crippen LogP contribution in [0.5, 0.6) is 5.75 Å². The highest BCUT2D eigenvalue weighted by Crippen LogP contribution is 2.36. The summed E-state index contributed by atoms with van der Waals surface area (Å²) in [6.45, 7) is 3.67. The molecule has 7 nitrogen and oxygen atoms in total. The summed E-state index contributed by atoms with van der Waals surface area (Å²) in [6.07, 6.45) is 0.934. The Morgan fingerprint density at radius 1 is 1.22 bits per heavy atom. The van der Waals surface area contributed by atoms with Crippen molar-refractivity contribution >= 4 is 7.82 Å². The van der Waals surface area contributed by atoms with Crippen LogP contribution < -0.4 is 10.5 Å². The van der Waals surface area contributed by atoms with Gasteiger partial charge in [-0.1, -0.05) is 23.6 Å². The monoisotopic (exact) mass is 393 g/mol. The molecule has 1 unspecified atom stereocenters. The van der Waals surface area contributed by atoms with Gasteiger partial charge in [-0.2, -0.15) is 0 Å². The van der Waals surface area contributed by atoms with E-state index in [0.717, 1.165) is 5.75 Å². The minimum absolute atomic E-state index is 0.249. The van der Waals surface area contributed by atoms with Gasteiger partial charge in [0, 0.05) is 12.0 Å². The molecular weight excluding hydrogens is 369 g/mol. The number of aryl methyl sites for hydroxylation is 2. The zero-order valence-electron chi connectivity index (χ0n) is 15.3. The molecule has 1 aromatic carbocycles. The first-order valence-electron chi connectivity index (χ1n) is 8.39. The Kier molecular flexibility index (Phi) is 7.25. The topological polar surface area (TPSA) is 115 Å². The molecule has 1 atom stereocenters. The second-order valence-corrected chi connectivity index (χ2v) is 7.83. The van der Waals surface area contributed by atoms with Gasteiger partial charge in [-0.3, -0.25) is 4.52 Å². The molecule has 4 N–H and O–H groups in total. The molecule has 0 radical (unpaired) electrons. The Bertz CT molecular complexity index is 841. The van der Waals surface area contributed by atoms with Crippen LogP contribution in [0.1, 0.15) is 30.4 Å². The van der Waals surface area contributed by atoms with Crippen LogP contribution in [-0.4, -0.2) is 28.5 Å². The third-order valence-corrected chi connectivity index (χ3v) is 4.18. The van der Waals surface area contributed by atoms with E-state index in [0.29, 0.717) is 24.4 Å². The highest BCUT2D eigenvalue weighted by Gasteiger charge is 2.24. The zero-order chi connectivity index (χ0) is 19.9. The van der Waals surface area contributed by atoms with Gasteiger partial charge < -0.3 is 24.7 Å². The smallest absolute Gasteiger partial charge is 0.469 e. The van der Waals surface area contributed by atoms with Crippen LogP contribution in [0.25, 0.3) is 0 Å². The van der Waals surface area contributed by atoms with Crippen LogP contribution in [0.3, 0.4) is 0 Å². The largest absolute Gasteiger partial charge is 0.481 e. The molecule has 0 aliphatic heterocycles. The minimum Gasteiger partial charge on any atom is -0.481 e. The van der Waals surface area contributed by atoms with E-state index < -0.39 is 13.4 Å². The molecule has 0 amide bonds. The number of ether oxygens (including phenoxy) is 1. The average molecular weight is 393 g/mol. The van der Waals surface area contributed by atoms with Gasteiger partial charge in [0.05, 0.1) is 6.61 Å². The second-order valence-electron chi connectivity index (χ2n) is 6.59. The highest BCUT2D eigenvalue weighted by molar-refractivity contribution is 7.46. The summed E-state index contributed by atoms with van der Waals surface area (Å²) in [7, 11) is -4.53. The van der Waals surface area contributed by atoms with E-state index in [9.17, 15) is 4.57 Å². The zero-order valence-corrected chi connectivity index (χ0v) is 16.2. The van der Waals surface area contributed by atoms with Crippen molar-refractivity contribution in [1.82, 2.24) is 0 Å². The maximum absolute atomic E-state index is 10.8. The van der Waals surface area contributed by atoms with Crippen LogP contribution in [0, 0.1) is 18.8 Å². The minimum atomic E-state index is -4.53. The number of nitrogens with two attached hydrogens (primary N) is 1. The van der Waals surface area contributed by atoms with Crippen LogP contribution in [0.2, 0.25) is 0 Å². The molecule has 2 rings (SSSR count). The predicted octanol–water partition coefficient (Wildman–Crippen LogP) is 2.78. The van der Waals surface area contributed by atoms with Crippen molar-refractivity contribution < 1.29 is 28.0 Å². The van der Waals surface area contributed by atoms with Crippen LogP contribution in [0.4, 0.5) is 0 Å². The van der Waals surface area contributed by atoms with E-state index in [4.69, 9.17) is 24.7 Å². The third-order valence-electron chi connectivity index (χ3n) is 3.71. The molecule has 1 aromatic heterocycles. The maximum Gasteiger partial charge on any atom is 0.469 e. The number of benzene rings is 1. The Balaban J connectivity index is 1.79. The van der Waals surface area contributed by atoms with E-state index in [2.05, 4.69) is 16.4 Å². The molecule has 0 aliphatic carbocycles. The van der Waals surface area contributed by atoms with E-state index in [1.165, 1.54) is 5.56 Å². The van der Waals surface area contributed by atoms with Gasteiger partial charge in [0.1, 0.15) is 18.1 Å². The number of phosphoric ester groups is 1. The van der Waals surface area contributed by atoms with Crippen LogP contribution >= 0.6 is 7.82 Å². The molecular formula is C19H24NO6P. The molecule has 0 saturated carbocycles. The van der Waals surface area contributed by atoms with E-state index in [1.54, 1.807) is 19.1 Å². The molecule has 0 saturated heterocycles. The van der Waals surface area contributed by atoms with Gasteiger partial charge in [-0.15, -0.1) is 0 Å². The molecule has 8 heteroatoms. The third kappa shape index (κ3) is 8.44. The van der Waals surface area contributed by atoms with Crippen molar-refractivity contribution in [3.63, 3.8) is 0 Å². The molecule has 0 bridgehead atoms. The normalized spacial score (nSPS) is 13.5. The van der Waals surface area contributed by atoms with Gasteiger partial charge in [-0.05, 0) is 50.5 Å². The molecule has 0 aliphatic rings. The molecule has 1 heterocycles. The number of hydrogen-bond acceptors (Lipinski definition) is 5. The fourth-order valence-electron chi connectivity index (χ4n) is 2.17. The summed E-state index contributed by atoms with van der Waals surface area (Å²) >= 11 is 0. The Labute approximate surface area is 158 Å². The maximum atomic E-state index is 10.8. The predicted molar refractivity (Wildman–Crippen MR) is 101 cm³/mol. The Morgan fingerprint density at radius 2 is 1.93 bits per heavy atom. The van der Waals surface area contributed by atoms with E-state index in [1.807, 2.05) is 31.2 Å². The molecule has 2 aromatic rings. The van der Waals surface area contributed by atoms with Crippen molar-refractivity contribution in [2.24, 2.45) is 5.73 Å².